The van der Waals surface area contributed by atoms with E-state index < -0.39 is 10.0 Å². The van der Waals surface area contributed by atoms with Gasteiger partial charge >= 0.3 is 0 Å². The van der Waals surface area contributed by atoms with Crippen molar-refractivity contribution in [3.63, 3.8) is 0 Å². The highest BCUT2D eigenvalue weighted by Gasteiger charge is 2.35. The molecule has 5 nitrogen and oxygen atoms in total. The highest BCUT2D eigenvalue weighted by atomic mass is 35.5. The van der Waals surface area contributed by atoms with Gasteiger partial charge in [0, 0.05) is 13.1 Å². The van der Waals surface area contributed by atoms with Crippen LogP contribution in [0, 0.1) is 0 Å². The van der Waals surface area contributed by atoms with Crippen molar-refractivity contribution in [2.45, 2.75) is 17.9 Å². The molecule has 1 N–H and O–H groups in total. The third kappa shape index (κ3) is 1.81. The summed E-state index contributed by atoms with van der Waals surface area (Å²) in [5.74, 6) is 0.358. The first kappa shape index (κ1) is 12.6. The number of methoxy groups -OCH3 is 1. The smallest absolute Gasteiger partial charge is 0.257 e. The Kier molecular flexibility index (Phi) is 3.07. The molecule has 0 fully saturated rings. The molecule has 0 radical (unpaired) electrons. The first-order chi connectivity index (χ1) is 7.89. The number of hydrazine groups is 1. The third-order valence-corrected chi connectivity index (χ3v) is 5.04. The summed E-state index contributed by atoms with van der Waals surface area (Å²) in [6.07, 6.45) is 0. The Morgan fingerprint density at radius 2 is 2.12 bits per heavy atom. The third-order valence-electron chi connectivity index (χ3n) is 2.77. The van der Waals surface area contributed by atoms with Gasteiger partial charge in [0.15, 0.2) is 0 Å². The maximum Gasteiger partial charge on any atom is 0.257 e. The van der Waals surface area contributed by atoms with Gasteiger partial charge in [0.05, 0.1) is 7.11 Å². The Balaban J connectivity index is 2.78. The fourth-order valence-electron chi connectivity index (χ4n) is 1.86. The number of fused-ring (bicyclic) bond motifs is 1. The van der Waals surface area contributed by atoms with Crippen molar-refractivity contribution in [1.82, 2.24) is 9.84 Å². The van der Waals surface area contributed by atoms with Crippen molar-refractivity contribution < 1.29 is 13.2 Å². The number of hydrogen-bond acceptors (Lipinski definition) is 4. The number of rotatable bonds is 1. The second kappa shape index (κ2) is 4.13. The predicted molar refractivity (Wildman–Crippen MR) is 64.5 cm³/mol. The van der Waals surface area contributed by atoms with Crippen LogP contribution in [0.25, 0.3) is 0 Å². The summed E-state index contributed by atoms with van der Waals surface area (Å²) in [5.41, 5.74) is 3.48. The summed E-state index contributed by atoms with van der Waals surface area (Å²) < 4.78 is 30.4. The van der Waals surface area contributed by atoms with E-state index in [1.807, 2.05) is 6.92 Å². The van der Waals surface area contributed by atoms with Crippen molar-refractivity contribution >= 4 is 21.6 Å². The van der Waals surface area contributed by atoms with Crippen LogP contribution < -0.4 is 10.2 Å². The molecule has 2 rings (SSSR count). The molecule has 1 aromatic rings. The Morgan fingerprint density at radius 1 is 1.47 bits per heavy atom. The molecule has 0 saturated heterocycles. The van der Waals surface area contributed by atoms with Crippen molar-refractivity contribution in [2.24, 2.45) is 0 Å². The molecule has 17 heavy (non-hydrogen) atoms. The van der Waals surface area contributed by atoms with Crippen LogP contribution in [0.2, 0.25) is 5.02 Å². The van der Waals surface area contributed by atoms with Crippen LogP contribution in [0.3, 0.4) is 0 Å². The number of benzene rings is 1. The number of sulfonamides is 1. The Morgan fingerprint density at radius 3 is 2.71 bits per heavy atom. The standard InChI is InChI=1S/C10H13ClN2O3S/c1-6-7-4-5-8(16-3)9(11)10(7)17(14,15)13(2)12-6/h4-6,12H,1-3H3. The zero-order valence-corrected chi connectivity index (χ0v) is 11.3. The lowest BCUT2D eigenvalue weighted by molar-refractivity contribution is 0.307. The van der Waals surface area contributed by atoms with Gasteiger partial charge in [0.2, 0.25) is 0 Å². The van der Waals surface area contributed by atoms with E-state index in [-0.39, 0.29) is 16.0 Å². The van der Waals surface area contributed by atoms with E-state index in [9.17, 15) is 8.42 Å². The van der Waals surface area contributed by atoms with Crippen LogP contribution in [0.1, 0.15) is 18.5 Å². The Labute approximate surface area is 105 Å². The van der Waals surface area contributed by atoms with E-state index in [4.69, 9.17) is 16.3 Å². The van der Waals surface area contributed by atoms with Gasteiger partial charge in [-0.3, -0.25) is 0 Å². The van der Waals surface area contributed by atoms with Crippen molar-refractivity contribution in [3.05, 3.63) is 22.7 Å². The van der Waals surface area contributed by atoms with Crippen LogP contribution in [-0.2, 0) is 10.0 Å². The molecule has 94 valence electrons. The van der Waals surface area contributed by atoms with E-state index in [0.29, 0.717) is 11.3 Å². The second-order valence-corrected chi connectivity index (χ2v) is 6.11. The molecule has 0 aliphatic carbocycles. The lowest BCUT2D eigenvalue weighted by Crippen LogP contribution is -2.45. The average Bonchev–Trinajstić information content (AvgIpc) is 2.26. The zero-order chi connectivity index (χ0) is 12.8. The highest BCUT2D eigenvalue weighted by Crippen LogP contribution is 2.39. The molecular formula is C10H13ClN2O3S. The molecule has 0 saturated carbocycles. The molecule has 1 aliphatic heterocycles. The molecule has 1 heterocycles. The van der Waals surface area contributed by atoms with E-state index >= 15 is 0 Å². The van der Waals surface area contributed by atoms with Crippen molar-refractivity contribution in [2.75, 3.05) is 14.2 Å². The Hall–Kier alpha value is -0.820. The van der Waals surface area contributed by atoms with Crippen molar-refractivity contribution in [1.29, 1.82) is 0 Å². The van der Waals surface area contributed by atoms with E-state index in [1.165, 1.54) is 14.2 Å². The number of nitrogens with one attached hydrogen (secondary N) is 1. The molecule has 1 atom stereocenters. The van der Waals surface area contributed by atoms with Gasteiger partial charge in [-0.25, -0.2) is 13.8 Å². The summed E-state index contributed by atoms with van der Waals surface area (Å²) in [5, 5.41) is 0.130. The molecule has 1 aromatic carbocycles. The van der Waals surface area contributed by atoms with E-state index in [1.54, 1.807) is 12.1 Å². The van der Waals surface area contributed by atoms with Gasteiger partial charge in [-0.2, -0.15) is 0 Å². The number of halogens is 1. The predicted octanol–water partition coefficient (Wildman–Crippen LogP) is 1.55. The number of ether oxygens (including phenoxy) is 1. The zero-order valence-electron chi connectivity index (χ0n) is 9.69. The number of nitrogens with zero attached hydrogens (tertiary/aromatic N) is 1. The summed E-state index contributed by atoms with van der Waals surface area (Å²) in [6, 6.07) is 3.25. The Bertz CT molecular complexity index is 559. The lowest BCUT2D eigenvalue weighted by Gasteiger charge is -2.31. The monoisotopic (exact) mass is 276 g/mol. The van der Waals surface area contributed by atoms with E-state index in [2.05, 4.69) is 5.43 Å². The minimum Gasteiger partial charge on any atom is -0.495 e. The number of hydrogen-bond donors (Lipinski definition) is 1. The molecule has 1 aliphatic rings. The van der Waals surface area contributed by atoms with Crippen LogP contribution in [0.4, 0.5) is 0 Å². The molecule has 0 amide bonds. The fourth-order valence-corrected chi connectivity index (χ4v) is 3.84. The van der Waals surface area contributed by atoms with Crippen LogP contribution in [0.5, 0.6) is 5.75 Å². The van der Waals surface area contributed by atoms with Gasteiger partial charge in [-0.15, -0.1) is 4.41 Å². The average molecular weight is 277 g/mol. The van der Waals surface area contributed by atoms with E-state index in [0.717, 1.165) is 4.41 Å². The fraction of sp³-hybridized carbons (Fsp3) is 0.400. The minimum atomic E-state index is -3.61. The summed E-state index contributed by atoms with van der Waals surface area (Å²) in [4.78, 5) is 0.118. The molecule has 1 unspecified atom stereocenters. The van der Waals surface area contributed by atoms with Gasteiger partial charge in [-0.05, 0) is 18.6 Å². The molecule has 0 spiro atoms. The van der Waals surface area contributed by atoms with Crippen LogP contribution >= 0.6 is 11.6 Å². The molecule has 0 aromatic heterocycles. The quantitative estimate of drug-likeness (QED) is 0.845. The van der Waals surface area contributed by atoms with Gasteiger partial charge < -0.3 is 4.74 Å². The van der Waals surface area contributed by atoms with Gasteiger partial charge in [0.1, 0.15) is 15.7 Å². The largest absolute Gasteiger partial charge is 0.495 e. The molecular weight excluding hydrogens is 264 g/mol. The SMILES string of the molecule is COc1ccc2c(c1Cl)S(=O)(=O)N(C)NC2C. The minimum absolute atomic E-state index is 0.118. The van der Waals surface area contributed by atoms with Gasteiger partial charge in [0.25, 0.3) is 10.0 Å². The summed E-state index contributed by atoms with van der Waals surface area (Å²) in [6.45, 7) is 1.87. The molecule has 0 bridgehead atoms. The maximum atomic E-state index is 12.2. The maximum absolute atomic E-state index is 12.2. The lowest BCUT2D eigenvalue weighted by atomic mass is 10.1. The summed E-state index contributed by atoms with van der Waals surface area (Å²) >= 11 is 6.08. The highest BCUT2D eigenvalue weighted by molar-refractivity contribution is 7.89. The summed E-state index contributed by atoms with van der Waals surface area (Å²) in [7, 11) is -0.705. The second-order valence-electron chi connectivity index (χ2n) is 3.82. The topological polar surface area (TPSA) is 58.6 Å². The first-order valence-electron chi connectivity index (χ1n) is 5.01. The first-order valence-corrected chi connectivity index (χ1v) is 6.83. The normalized spacial score (nSPS) is 23.2. The van der Waals surface area contributed by atoms with Crippen LogP contribution in [0.15, 0.2) is 17.0 Å². The van der Waals surface area contributed by atoms with Gasteiger partial charge in [-0.1, -0.05) is 17.7 Å². The molecule has 7 heteroatoms. The van der Waals surface area contributed by atoms with Crippen LogP contribution in [-0.4, -0.2) is 27.0 Å². The van der Waals surface area contributed by atoms with Crippen molar-refractivity contribution in [3.8, 4) is 5.75 Å².